The zero-order chi connectivity index (χ0) is 9.42. The third-order valence-electron chi connectivity index (χ3n) is 1.94. The Balaban J connectivity index is 0.000000980. The van der Waals surface area contributed by atoms with Crippen molar-refractivity contribution in [1.29, 1.82) is 0 Å². The first-order chi connectivity index (χ1) is 6.20. The third-order valence-corrected chi connectivity index (χ3v) is 2.31. The average molecular weight is 230 g/mol. The van der Waals surface area contributed by atoms with Gasteiger partial charge < -0.3 is 9.67 Å². The van der Waals surface area contributed by atoms with Gasteiger partial charge in [0.15, 0.2) is 4.77 Å². The summed E-state index contributed by atoms with van der Waals surface area (Å²) in [6, 6.07) is 7.18. The number of nitrogens with zero attached hydrogens (tertiary/aromatic N) is 2. The first-order valence-electron chi connectivity index (χ1n) is 3.83. The average Bonchev–Trinajstić information content (AvgIpc) is 2.15. The van der Waals surface area contributed by atoms with E-state index in [-0.39, 0.29) is 57.3 Å². The van der Waals surface area contributed by atoms with Crippen molar-refractivity contribution in [3.8, 4) is 5.88 Å². The van der Waals surface area contributed by atoms with Crippen LogP contribution >= 0.6 is 12.2 Å². The second-order valence-corrected chi connectivity index (χ2v) is 3.14. The van der Waals surface area contributed by atoms with E-state index in [1.54, 1.807) is 19.2 Å². The Morgan fingerprint density at radius 1 is 1.36 bits per heavy atom. The molecule has 0 N–H and O–H groups in total. The van der Waals surface area contributed by atoms with Gasteiger partial charge in [-0.1, -0.05) is 18.2 Å². The van der Waals surface area contributed by atoms with Crippen LogP contribution in [-0.2, 0) is 7.05 Å². The van der Waals surface area contributed by atoms with E-state index < -0.39 is 0 Å². The van der Waals surface area contributed by atoms with Gasteiger partial charge in [0.25, 0.3) is 0 Å². The first kappa shape index (κ1) is 12.3. The minimum atomic E-state index is -0.0874. The van der Waals surface area contributed by atoms with Crippen LogP contribution in [0.1, 0.15) is 0 Å². The standard InChI is InChI=1S/C9H8N2OS.K/c1-11-8(12)6-4-2-3-5-7(6)10-9(11)13;/h2-5,12H,1H3;/q;+1/p-1. The summed E-state index contributed by atoms with van der Waals surface area (Å²) >= 11 is 4.92. The summed E-state index contributed by atoms with van der Waals surface area (Å²) in [6.07, 6.45) is 0. The quantitative estimate of drug-likeness (QED) is 0.403. The maximum atomic E-state index is 11.6. The Bertz CT molecular complexity index is 524. The third kappa shape index (κ3) is 2.07. The van der Waals surface area contributed by atoms with Crippen LogP contribution in [0.25, 0.3) is 10.9 Å². The number of para-hydroxylation sites is 1. The van der Waals surface area contributed by atoms with E-state index in [4.69, 9.17) is 12.2 Å². The van der Waals surface area contributed by atoms with Gasteiger partial charge in [-0.15, -0.1) is 0 Å². The predicted molar refractivity (Wildman–Crippen MR) is 51.0 cm³/mol. The van der Waals surface area contributed by atoms with Crippen molar-refractivity contribution in [1.82, 2.24) is 9.55 Å². The number of fused-ring (bicyclic) bond motifs is 1. The molecule has 3 nitrogen and oxygen atoms in total. The van der Waals surface area contributed by atoms with Gasteiger partial charge in [-0.05, 0) is 24.2 Å². The van der Waals surface area contributed by atoms with Gasteiger partial charge in [-0.3, -0.25) is 0 Å². The molecule has 1 aromatic carbocycles. The molecular weight excluding hydrogens is 223 g/mol. The van der Waals surface area contributed by atoms with Crippen LogP contribution in [0.3, 0.4) is 0 Å². The molecule has 0 radical (unpaired) electrons. The van der Waals surface area contributed by atoms with Crippen LogP contribution in [0.5, 0.6) is 5.88 Å². The molecule has 0 amide bonds. The minimum Gasteiger partial charge on any atom is -0.860 e. The summed E-state index contributed by atoms with van der Waals surface area (Å²) in [6.45, 7) is 0. The molecule has 1 heterocycles. The van der Waals surface area contributed by atoms with Gasteiger partial charge in [-0.2, -0.15) is 0 Å². The van der Waals surface area contributed by atoms with E-state index in [2.05, 4.69) is 4.98 Å². The van der Waals surface area contributed by atoms with Gasteiger partial charge in [0.2, 0.25) is 0 Å². The van der Waals surface area contributed by atoms with E-state index in [9.17, 15) is 5.11 Å². The van der Waals surface area contributed by atoms with Crippen molar-refractivity contribution >= 4 is 23.1 Å². The van der Waals surface area contributed by atoms with Crippen molar-refractivity contribution in [3.63, 3.8) is 0 Å². The molecule has 5 heteroatoms. The second-order valence-electron chi connectivity index (χ2n) is 2.78. The summed E-state index contributed by atoms with van der Waals surface area (Å²) in [5.41, 5.74) is 0.663. The molecule has 14 heavy (non-hydrogen) atoms. The topological polar surface area (TPSA) is 40.9 Å². The largest absolute Gasteiger partial charge is 1.00 e. The zero-order valence-electron chi connectivity index (χ0n) is 8.02. The Hall–Kier alpha value is 0.216. The monoisotopic (exact) mass is 230 g/mol. The number of aromatic nitrogens is 2. The molecule has 0 aliphatic heterocycles. The fourth-order valence-electron chi connectivity index (χ4n) is 1.20. The van der Waals surface area contributed by atoms with Crippen molar-refractivity contribution in [2.75, 3.05) is 0 Å². The van der Waals surface area contributed by atoms with Crippen molar-refractivity contribution in [3.05, 3.63) is 29.0 Å². The molecule has 2 aromatic rings. The zero-order valence-corrected chi connectivity index (χ0v) is 12.0. The predicted octanol–water partition coefficient (Wildman–Crippen LogP) is -1.62. The number of benzene rings is 1. The van der Waals surface area contributed by atoms with Gasteiger partial charge in [0, 0.05) is 12.4 Å². The fourth-order valence-corrected chi connectivity index (χ4v) is 1.38. The summed E-state index contributed by atoms with van der Waals surface area (Å²) in [7, 11) is 1.63. The number of hydrogen-bond acceptors (Lipinski definition) is 3. The van der Waals surface area contributed by atoms with Crippen LogP contribution in [0.2, 0.25) is 0 Å². The van der Waals surface area contributed by atoms with Crippen LogP contribution in [-0.4, -0.2) is 9.55 Å². The molecule has 0 aliphatic carbocycles. The number of rotatable bonds is 0. The SMILES string of the molecule is Cn1c([O-])c2ccccc2nc1=S.[K+]. The molecule has 2 rings (SSSR count). The smallest absolute Gasteiger partial charge is 0.860 e. The first-order valence-corrected chi connectivity index (χ1v) is 4.24. The van der Waals surface area contributed by atoms with Crippen LogP contribution in [0.15, 0.2) is 24.3 Å². The normalized spacial score (nSPS) is 9.79. The van der Waals surface area contributed by atoms with Crippen LogP contribution < -0.4 is 56.5 Å². The van der Waals surface area contributed by atoms with E-state index in [1.165, 1.54) is 4.57 Å². The molecule has 0 spiro atoms. The molecule has 0 saturated carbocycles. The second kappa shape index (κ2) is 4.83. The molecule has 0 fully saturated rings. The summed E-state index contributed by atoms with van der Waals surface area (Å²) < 4.78 is 1.70. The minimum absolute atomic E-state index is 0. The van der Waals surface area contributed by atoms with E-state index in [0.29, 0.717) is 15.7 Å². The molecule has 1 aromatic heterocycles. The van der Waals surface area contributed by atoms with Crippen molar-refractivity contribution in [2.24, 2.45) is 7.05 Å². The van der Waals surface area contributed by atoms with E-state index in [1.807, 2.05) is 12.1 Å². The maximum Gasteiger partial charge on any atom is 1.00 e. The Morgan fingerprint density at radius 3 is 2.71 bits per heavy atom. The fraction of sp³-hybridized carbons (Fsp3) is 0.111. The van der Waals surface area contributed by atoms with Gasteiger partial charge in [0.05, 0.1) is 5.52 Å². The number of hydrogen-bond donors (Lipinski definition) is 0. The van der Waals surface area contributed by atoms with Gasteiger partial charge >= 0.3 is 51.4 Å². The summed E-state index contributed by atoms with van der Waals surface area (Å²) in [5, 5.41) is 12.2. The Kier molecular flexibility index (Phi) is 4.24. The van der Waals surface area contributed by atoms with Gasteiger partial charge in [-0.25, -0.2) is 4.98 Å². The molecule has 0 aliphatic rings. The molecule has 0 saturated heterocycles. The van der Waals surface area contributed by atoms with Crippen LogP contribution in [0.4, 0.5) is 0 Å². The van der Waals surface area contributed by atoms with Crippen molar-refractivity contribution in [2.45, 2.75) is 0 Å². The molecular formula is C9H7KN2OS. The van der Waals surface area contributed by atoms with Crippen molar-refractivity contribution < 1.29 is 56.5 Å². The van der Waals surface area contributed by atoms with E-state index in [0.717, 1.165) is 0 Å². The molecule has 0 atom stereocenters. The summed E-state index contributed by atoms with van der Waals surface area (Å²) in [5.74, 6) is -0.0874. The van der Waals surface area contributed by atoms with Crippen LogP contribution in [0, 0.1) is 4.77 Å². The Labute approximate surface area is 129 Å². The maximum absolute atomic E-state index is 11.6. The molecule has 0 unspecified atom stereocenters. The van der Waals surface area contributed by atoms with E-state index >= 15 is 0 Å². The van der Waals surface area contributed by atoms with Gasteiger partial charge in [0.1, 0.15) is 0 Å². The Morgan fingerprint density at radius 2 is 2.00 bits per heavy atom. The summed E-state index contributed by atoms with van der Waals surface area (Å²) in [4.78, 5) is 4.11. The molecule has 0 bridgehead atoms. The molecule has 66 valence electrons.